The van der Waals surface area contributed by atoms with E-state index >= 15 is 0 Å². The van der Waals surface area contributed by atoms with Gasteiger partial charge in [0, 0.05) is 51.0 Å². The topological polar surface area (TPSA) is 69.6 Å². The Labute approximate surface area is 138 Å². The van der Waals surface area contributed by atoms with Crippen LogP contribution in [0.15, 0.2) is 29.5 Å². The van der Waals surface area contributed by atoms with E-state index in [0.29, 0.717) is 0 Å². The van der Waals surface area contributed by atoms with Crippen LogP contribution in [0.3, 0.4) is 0 Å². The van der Waals surface area contributed by atoms with Gasteiger partial charge < -0.3 is 15.5 Å². The molecule has 23 heavy (non-hydrogen) atoms. The molecule has 6 nitrogen and oxygen atoms in total. The highest BCUT2D eigenvalue weighted by molar-refractivity contribution is 5.81. The summed E-state index contributed by atoms with van der Waals surface area (Å²) in [6, 6.07) is 4.28. The number of likely N-dealkylation sites (tertiary alicyclic amines) is 1. The second-order valence-corrected chi connectivity index (χ2v) is 6.18. The molecule has 1 aliphatic heterocycles. The molecular weight excluding hydrogens is 290 g/mol. The number of nitrogens with zero attached hydrogens (tertiary/aromatic N) is 3. The van der Waals surface area contributed by atoms with Crippen molar-refractivity contribution in [3.05, 3.63) is 30.1 Å². The Bertz CT molecular complexity index is 529. The Kier molecular flexibility index (Phi) is 6.38. The van der Waals surface area contributed by atoms with Crippen molar-refractivity contribution in [1.82, 2.24) is 20.5 Å². The molecule has 2 heterocycles. The third-order valence-corrected chi connectivity index (χ3v) is 3.99. The fraction of sp³-hybridized carbons (Fsp3) is 0.588. The molecule has 2 N–H and O–H groups in total. The van der Waals surface area contributed by atoms with Gasteiger partial charge in [0.05, 0.1) is 0 Å². The Balaban J connectivity index is 1.74. The Hall–Kier alpha value is -2.11. The third kappa shape index (κ3) is 5.23. The SMILES string of the molecule is CN=C(NCCc1cccnc1)NC1CCN(C(=O)C(C)C)C1. The van der Waals surface area contributed by atoms with Crippen LogP contribution in [0.5, 0.6) is 0 Å². The zero-order valence-electron chi connectivity index (χ0n) is 14.2. The molecule has 1 aromatic heterocycles. The molecule has 1 atom stereocenters. The van der Waals surface area contributed by atoms with Gasteiger partial charge in [-0.15, -0.1) is 0 Å². The van der Waals surface area contributed by atoms with E-state index < -0.39 is 0 Å². The van der Waals surface area contributed by atoms with Crippen LogP contribution in [-0.4, -0.2) is 54.5 Å². The third-order valence-electron chi connectivity index (χ3n) is 3.99. The molecule has 1 saturated heterocycles. The number of amides is 1. The average molecular weight is 317 g/mol. The van der Waals surface area contributed by atoms with Crippen LogP contribution >= 0.6 is 0 Å². The van der Waals surface area contributed by atoms with Gasteiger partial charge in [0.1, 0.15) is 0 Å². The van der Waals surface area contributed by atoms with Crippen LogP contribution in [0.1, 0.15) is 25.8 Å². The van der Waals surface area contributed by atoms with Gasteiger partial charge in [-0.25, -0.2) is 0 Å². The van der Waals surface area contributed by atoms with Crippen molar-refractivity contribution >= 4 is 11.9 Å². The fourth-order valence-corrected chi connectivity index (χ4v) is 2.70. The standard InChI is InChI=1S/C17H27N5O/c1-13(2)16(23)22-10-7-15(12-22)21-17(18-3)20-9-6-14-5-4-8-19-11-14/h4-5,8,11,13,15H,6-7,9-10,12H2,1-3H3,(H2,18,20,21). The first-order valence-electron chi connectivity index (χ1n) is 8.25. The molecule has 126 valence electrons. The highest BCUT2D eigenvalue weighted by atomic mass is 16.2. The molecule has 0 aromatic carbocycles. The predicted octanol–water partition coefficient (Wildman–Crippen LogP) is 1.05. The van der Waals surface area contributed by atoms with Gasteiger partial charge >= 0.3 is 0 Å². The summed E-state index contributed by atoms with van der Waals surface area (Å²) in [5.41, 5.74) is 1.20. The first-order valence-corrected chi connectivity index (χ1v) is 8.25. The van der Waals surface area contributed by atoms with Crippen LogP contribution in [0.4, 0.5) is 0 Å². The number of aromatic nitrogens is 1. The molecule has 0 bridgehead atoms. The molecule has 1 amide bonds. The lowest BCUT2D eigenvalue weighted by atomic mass is 10.2. The van der Waals surface area contributed by atoms with Crippen molar-refractivity contribution in [1.29, 1.82) is 0 Å². The van der Waals surface area contributed by atoms with Crippen molar-refractivity contribution in [3.63, 3.8) is 0 Å². The normalized spacial score (nSPS) is 18.3. The van der Waals surface area contributed by atoms with E-state index in [1.165, 1.54) is 5.56 Å². The summed E-state index contributed by atoms with van der Waals surface area (Å²) in [6.45, 7) is 6.26. The van der Waals surface area contributed by atoms with Crippen LogP contribution < -0.4 is 10.6 Å². The highest BCUT2D eigenvalue weighted by Crippen LogP contribution is 2.12. The van der Waals surface area contributed by atoms with Crippen LogP contribution in [-0.2, 0) is 11.2 Å². The van der Waals surface area contributed by atoms with Gasteiger partial charge in [0.15, 0.2) is 5.96 Å². The maximum atomic E-state index is 12.0. The number of carbonyl (C=O) groups is 1. The van der Waals surface area contributed by atoms with Crippen molar-refractivity contribution in [2.24, 2.45) is 10.9 Å². The van der Waals surface area contributed by atoms with E-state index in [1.807, 2.05) is 31.0 Å². The zero-order valence-corrected chi connectivity index (χ0v) is 14.2. The molecule has 6 heteroatoms. The summed E-state index contributed by atoms with van der Waals surface area (Å²) in [7, 11) is 1.77. The summed E-state index contributed by atoms with van der Waals surface area (Å²) in [5, 5.41) is 6.72. The molecule has 0 spiro atoms. The van der Waals surface area contributed by atoms with Crippen LogP contribution in [0, 0.1) is 5.92 Å². The number of nitrogens with one attached hydrogen (secondary N) is 2. The molecular formula is C17H27N5O. The summed E-state index contributed by atoms with van der Waals surface area (Å²) in [5.74, 6) is 1.08. The van der Waals surface area contributed by atoms with Gasteiger partial charge in [-0.2, -0.15) is 0 Å². The number of hydrogen-bond donors (Lipinski definition) is 2. The molecule has 1 aliphatic rings. The van der Waals surface area contributed by atoms with E-state index in [9.17, 15) is 4.79 Å². The summed E-state index contributed by atoms with van der Waals surface area (Å²) in [6.07, 6.45) is 5.52. The average Bonchev–Trinajstić information content (AvgIpc) is 3.02. The van der Waals surface area contributed by atoms with E-state index in [2.05, 4.69) is 26.7 Å². The van der Waals surface area contributed by atoms with Crippen molar-refractivity contribution in [2.75, 3.05) is 26.7 Å². The molecule has 0 radical (unpaired) electrons. The number of carbonyl (C=O) groups excluding carboxylic acids is 1. The van der Waals surface area contributed by atoms with Gasteiger partial charge in [0.2, 0.25) is 5.91 Å². The van der Waals surface area contributed by atoms with Gasteiger partial charge in [-0.05, 0) is 24.5 Å². The largest absolute Gasteiger partial charge is 0.356 e. The molecule has 2 rings (SSSR count). The Morgan fingerprint density at radius 2 is 2.35 bits per heavy atom. The van der Waals surface area contributed by atoms with Crippen molar-refractivity contribution < 1.29 is 4.79 Å². The van der Waals surface area contributed by atoms with Gasteiger partial charge in [-0.1, -0.05) is 19.9 Å². The van der Waals surface area contributed by atoms with Crippen molar-refractivity contribution in [2.45, 2.75) is 32.7 Å². The lowest BCUT2D eigenvalue weighted by Gasteiger charge is -2.20. The van der Waals surface area contributed by atoms with Crippen molar-refractivity contribution in [3.8, 4) is 0 Å². The summed E-state index contributed by atoms with van der Waals surface area (Å²) in [4.78, 5) is 22.3. The Morgan fingerprint density at radius 3 is 3.00 bits per heavy atom. The second kappa shape index (κ2) is 8.50. The first kappa shape index (κ1) is 17.2. The van der Waals surface area contributed by atoms with E-state index in [0.717, 1.165) is 38.4 Å². The summed E-state index contributed by atoms with van der Waals surface area (Å²) < 4.78 is 0. The monoisotopic (exact) mass is 317 g/mol. The predicted molar refractivity (Wildman–Crippen MR) is 92.3 cm³/mol. The number of aliphatic imine (C=N–C) groups is 1. The zero-order chi connectivity index (χ0) is 16.7. The van der Waals surface area contributed by atoms with Gasteiger partial charge in [0.25, 0.3) is 0 Å². The lowest BCUT2D eigenvalue weighted by molar-refractivity contribution is -0.133. The fourth-order valence-electron chi connectivity index (χ4n) is 2.70. The van der Waals surface area contributed by atoms with E-state index in [4.69, 9.17) is 0 Å². The number of pyridine rings is 1. The van der Waals surface area contributed by atoms with Crippen LogP contribution in [0.25, 0.3) is 0 Å². The number of rotatable bonds is 5. The van der Waals surface area contributed by atoms with Gasteiger partial charge in [-0.3, -0.25) is 14.8 Å². The summed E-state index contributed by atoms with van der Waals surface area (Å²) >= 11 is 0. The highest BCUT2D eigenvalue weighted by Gasteiger charge is 2.27. The Morgan fingerprint density at radius 1 is 1.52 bits per heavy atom. The molecule has 0 saturated carbocycles. The minimum absolute atomic E-state index is 0.0608. The van der Waals surface area contributed by atoms with Crippen LogP contribution in [0.2, 0.25) is 0 Å². The maximum absolute atomic E-state index is 12.0. The molecule has 0 aliphatic carbocycles. The number of guanidine groups is 1. The first-order chi connectivity index (χ1) is 11.1. The molecule has 1 fully saturated rings. The molecule has 1 unspecified atom stereocenters. The number of hydrogen-bond acceptors (Lipinski definition) is 3. The smallest absolute Gasteiger partial charge is 0.225 e. The quantitative estimate of drug-likeness (QED) is 0.629. The van der Waals surface area contributed by atoms with E-state index in [-0.39, 0.29) is 17.9 Å². The second-order valence-electron chi connectivity index (χ2n) is 6.18. The minimum atomic E-state index is 0.0608. The maximum Gasteiger partial charge on any atom is 0.225 e. The van der Waals surface area contributed by atoms with E-state index in [1.54, 1.807) is 13.2 Å². The molecule has 1 aromatic rings. The lowest BCUT2D eigenvalue weighted by Crippen LogP contribution is -2.45. The minimum Gasteiger partial charge on any atom is -0.356 e.